The smallest absolute Gasteiger partial charge is 0.316 e. The van der Waals surface area contributed by atoms with Gasteiger partial charge in [-0.1, -0.05) is 42.5 Å². The van der Waals surface area contributed by atoms with E-state index in [1.807, 2.05) is 43.3 Å². The van der Waals surface area contributed by atoms with E-state index in [-0.39, 0.29) is 31.5 Å². The molecule has 3 heterocycles. The second-order valence-electron chi connectivity index (χ2n) is 14.7. The minimum atomic E-state index is -4.54. The third kappa shape index (κ3) is 9.17. The summed E-state index contributed by atoms with van der Waals surface area (Å²) in [4.78, 5) is 21.7. The molecule has 4 aromatic rings. The Balaban J connectivity index is 1.20. The molecule has 2 aliphatic rings. The van der Waals surface area contributed by atoms with Gasteiger partial charge in [0.1, 0.15) is 6.54 Å². The number of fused-ring (bicyclic) bond motifs is 1. The number of carbonyl (C=O) groups excluding carboxylic acids is 1. The number of rotatable bonds is 18. The van der Waals surface area contributed by atoms with Crippen LogP contribution in [0.4, 0.5) is 5.95 Å². The monoisotopic (exact) mass is 764 g/mol. The van der Waals surface area contributed by atoms with Crippen molar-refractivity contribution in [2.75, 3.05) is 71.9 Å². The first kappa shape index (κ1) is 39.5. The summed E-state index contributed by atoms with van der Waals surface area (Å²) >= 11 is 0. The third-order valence-corrected chi connectivity index (χ3v) is 11.8. The van der Waals surface area contributed by atoms with Crippen LogP contribution >= 0.6 is 0 Å². The highest BCUT2D eigenvalue weighted by atomic mass is 32.2. The van der Waals surface area contributed by atoms with Crippen molar-refractivity contribution < 1.29 is 41.2 Å². The maximum Gasteiger partial charge on any atom is 0.316 e. The van der Waals surface area contributed by atoms with Crippen LogP contribution in [0.3, 0.4) is 0 Å². The summed E-state index contributed by atoms with van der Waals surface area (Å²) < 4.78 is 59.6. The number of hydrogen-bond acceptors (Lipinski definition) is 10. The van der Waals surface area contributed by atoms with E-state index in [1.54, 1.807) is 12.1 Å². The molecular formula is C40H54N5O8S+. The average Bonchev–Trinajstić information content (AvgIpc) is 3.63. The summed E-state index contributed by atoms with van der Waals surface area (Å²) in [5.41, 5.74) is 3.22. The normalized spacial score (nSPS) is 21.1. The lowest BCUT2D eigenvalue weighted by atomic mass is 9.77. The molecule has 6 rings (SSSR count). The number of methoxy groups -OCH3 is 3. The number of amides is 1. The van der Waals surface area contributed by atoms with Crippen molar-refractivity contribution in [3.8, 4) is 17.2 Å². The fourth-order valence-corrected chi connectivity index (χ4v) is 9.42. The van der Waals surface area contributed by atoms with Crippen molar-refractivity contribution in [1.29, 1.82) is 0 Å². The molecule has 1 amide bonds. The molecule has 54 heavy (non-hydrogen) atoms. The summed E-state index contributed by atoms with van der Waals surface area (Å²) in [6.07, 6.45) is 3.36. The Labute approximate surface area is 318 Å². The van der Waals surface area contributed by atoms with Gasteiger partial charge in [0.2, 0.25) is 17.6 Å². The van der Waals surface area contributed by atoms with Crippen LogP contribution in [0.1, 0.15) is 43.7 Å². The second kappa shape index (κ2) is 17.1. The number of piperidine rings is 1. The number of carbonyl (C=O) groups is 1. The molecule has 0 aliphatic carbocycles. The van der Waals surface area contributed by atoms with Crippen molar-refractivity contribution in [2.24, 2.45) is 5.41 Å². The zero-order valence-electron chi connectivity index (χ0n) is 31.8. The number of hydrogen-bond donors (Lipinski definition) is 2. The molecule has 292 valence electrons. The maximum atomic E-state index is 14.3. The minimum Gasteiger partial charge on any atom is -0.493 e. The molecule has 14 heteroatoms. The van der Waals surface area contributed by atoms with E-state index in [0.717, 1.165) is 61.6 Å². The number of nitrogens with one attached hydrogen (secondary N) is 1. The number of quaternary nitrogens is 1. The zero-order valence-corrected chi connectivity index (χ0v) is 32.6. The van der Waals surface area contributed by atoms with Gasteiger partial charge in [-0.2, -0.15) is 8.42 Å². The van der Waals surface area contributed by atoms with E-state index in [2.05, 4.69) is 33.0 Å². The van der Waals surface area contributed by atoms with E-state index in [4.69, 9.17) is 23.9 Å². The highest BCUT2D eigenvalue weighted by Gasteiger charge is 2.56. The van der Waals surface area contributed by atoms with E-state index in [9.17, 15) is 17.8 Å². The molecule has 2 atom stereocenters. The first-order valence-electron chi connectivity index (χ1n) is 18.7. The minimum absolute atomic E-state index is 0.0400. The Kier molecular flexibility index (Phi) is 12.5. The standard InChI is InChI=1S/C40H53N5O8S/c1-5-53-22-21-44-34-14-10-9-13-33(34)42-39(44)41-32-15-18-43(19-16-32)20-17-40(25-30-11-7-6-8-12-30)26-37(46)45(28-40,29-54(47,48)49)27-31-23-35(50-2)38(52-4)36(24-31)51-3/h6-14,23-24,32H,5,15-22,25-29H2,1-4H3,(H-,41,42,47,48,49)/p+1. The van der Waals surface area contributed by atoms with Gasteiger partial charge in [0.25, 0.3) is 0 Å². The molecule has 0 bridgehead atoms. The Morgan fingerprint density at radius 2 is 1.63 bits per heavy atom. The lowest BCUT2D eigenvalue weighted by molar-refractivity contribution is -0.852. The molecule has 2 fully saturated rings. The SMILES string of the molecule is CCOCCn1c(NC2CCN(CCC3(Cc4ccccc4)CC(=O)[N+](Cc4cc(OC)c(OC)c(OC)c4)(CS(=O)(=O)O)C3)CC2)nc2ccccc21. The van der Waals surface area contributed by atoms with Crippen molar-refractivity contribution >= 4 is 33.0 Å². The predicted octanol–water partition coefficient (Wildman–Crippen LogP) is 5.39. The van der Waals surface area contributed by atoms with E-state index >= 15 is 0 Å². The fourth-order valence-electron chi connectivity index (χ4n) is 8.46. The fraction of sp³-hybridized carbons (Fsp3) is 0.500. The lowest BCUT2D eigenvalue weighted by Crippen LogP contribution is -2.53. The van der Waals surface area contributed by atoms with Gasteiger partial charge in [-0.05, 0) is 69.0 Å². The van der Waals surface area contributed by atoms with Crippen LogP contribution in [0.15, 0.2) is 66.7 Å². The van der Waals surface area contributed by atoms with Gasteiger partial charge in [-0.25, -0.2) is 14.3 Å². The quantitative estimate of drug-likeness (QED) is 0.0766. The first-order chi connectivity index (χ1) is 26.0. The van der Waals surface area contributed by atoms with Gasteiger partial charge in [0.05, 0.1) is 51.9 Å². The van der Waals surface area contributed by atoms with Gasteiger partial charge < -0.3 is 33.7 Å². The van der Waals surface area contributed by atoms with Crippen LogP contribution in [0.2, 0.25) is 0 Å². The molecule has 2 unspecified atom stereocenters. The molecule has 13 nitrogen and oxygen atoms in total. The summed E-state index contributed by atoms with van der Waals surface area (Å²) in [5.74, 6) is 1.13. The Morgan fingerprint density at radius 1 is 0.944 bits per heavy atom. The average molecular weight is 765 g/mol. The molecule has 0 radical (unpaired) electrons. The number of anilines is 1. The molecular weight excluding hydrogens is 711 g/mol. The molecule has 3 aromatic carbocycles. The van der Waals surface area contributed by atoms with Crippen molar-refractivity contribution in [1.82, 2.24) is 14.5 Å². The number of ether oxygens (including phenoxy) is 4. The first-order valence-corrected chi connectivity index (χ1v) is 20.3. The van der Waals surface area contributed by atoms with Gasteiger partial charge in [0.15, 0.2) is 11.5 Å². The maximum absolute atomic E-state index is 14.3. The lowest BCUT2D eigenvalue weighted by Gasteiger charge is -2.37. The van der Waals surface area contributed by atoms with Crippen LogP contribution in [0, 0.1) is 5.41 Å². The van der Waals surface area contributed by atoms with Crippen LogP contribution in [0.5, 0.6) is 17.2 Å². The van der Waals surface area contributed by atoms with E-state index in [0.29, 0.717) is 48.9 Å². The second-order valence-corrected chi connectivity index (χ2v) is 16.1. The number of aromatic nitrogens is 2. The summed E-state index contributed by atoms with van der Waals surface area (Å²) in [6, 6.07) is 21.9. The van der Waals surface area contributed by atoms with Gasteiger partial charge in [0, 0.05) is 43.3 Å². The number of benzene rings is 3. The third-order valence-electron chi connectivity index (χ3n) is 10.9. The van der Waals surface area contributed by atoms with E-state index in [1.165, 1.54) is 21.3 Å². The molecule has 0 spiro atoms. The summed E-state index contributed by atoms with van der Waals surface area (Å²) in [5, 5.41) is 3.72. The van der Waals surface area contributed by atoms with E-state index < -0.39 is 25.9 Å². The highest BCUT2D eigenvalue weighted by Crippen LogP contribution is 2.46. The Morgan fingerprint density at radius 3 is 2.28 bits per heavy atom. The van der Waals surface area contributed by atoms with Gasteiger partial charge >= 0.3 is 16.0 Å². The van der Waals surface area contributed by atoms with Gasteiger partial charge in [-0.15, -0.1) is 0 Å². The number of para-hydroxylation sites is 2. The number of likely N-dealkylation sites (tertiary alicyclic amines) is 2. The molecule has 2 N–H and O–H groups in total. The molecule has 1 aromatic heterocycles. The Hall–Kier alpha value is -4.21. The predicted molar refractivity (Wildman–Crippen MR) is 207 cm³/mol. The molecule has 2 aliphatic heterocycles. The Bertz CT molecular complexity index is 1970. The van der Waals surface area contributed by atoms with Crippen LogP contribution in [0.25, 0.3) is 11.0 Å². The van der Waals surface area contributed by atoms with Crippen LogP contribution in [-0.4, -0.2) is 110 Å². The zero-order chi connectivity index (χ0) is 38.3. The summed E-state index contributed by atoms with van der Waals surface area (Å²) in [6.45, 7) is 6.81. The van der Waals surface area contributed by atoms with Gasteiger partial charge in [-0.3, -0.25) is 4.55 Å². The number of nitrogens with zero attached hydrogens (tertiary/aromatic N) is 4. The number of imidazole rings is 1. The molecule has 0 saturated carbocycles. The van der Waals surface area contributed by atoms with Crippen LogP contribution < -0.4 is 19.5 Å². The van der Waals surface area contributed by atoms with Crippen molar-refractivity contribution in [3.05, 3.63) is 77.9 Å². The van der Waals surface area contributed by atoms with Crippen LogP contribution in [-0.2, 0) is 39.2 Å². The summed E-state index contributed by atoms with van der Waals surface area (Å²) in [7, 11) is -0.0117. The topological polar surface area (TPSA) is 141 Å². The van der Waals surface area contributed by atoms with Crippen molar-refractivity contribution in [2.45, 2.75) is 58.2 Å². The highest BCUT2D eigenvalue weighted by molar-refractivity contribution is 7.85. The largest absolute Gasteiger partial charge is 0.493 e. The van der Waals surface area contributed by atoms with Crippen molar-refractivity contribution in [3.63, 3.8) is 0 Å². The molecule has 2 saturated heterocycles.